The highest BCUT2D eigenvalue weighted by Crippen LogP contribution is 2.37. The van der Waals surface area contributed by atoms with Crippen LogP contribution in [0.2, 0.25) is 20.2 Å². The minimum Gasteiger partial charge on any atom is -0.472 e. The smallest absolute Gasteiger partial charge is 0.275 e. The zero-order chi connectivity index (χ0) is 20.7. The second-order valence-electron chi connectivity index (χ2n) is 6.21. The van der Waals surface area contributed by atoms with E-state index in [2.05, 4.69) is 10.3 Å². The molecular weight excluding hydrogens is 460 g/mol. The molecule has 0 bridgehead atoms. The number of nitrogens with zero attached hydrogens (tertiary/aromatic N) is 2. The van der Waals surface area contributed by atoms with Gasteiger partial charge < -0.3 is 14.6 Å². The standard InChI is InChI=1S/C19H11Cl4N3O3/c20-13-14(21)16(25-17(23)15(13)22)18(27)24-11-1-2-12-9(7-11)3-5-26(12)19(28)10-4-6-29-8-10/h1-2,4,6-8H,3,5H2,(H,24,27). The fourth-order valence-corrected chi connectivity index (χ4v) is 3.87. The number of pyridine rings is 1. The number of hydrogen-bond acceptors (Lipinski definition) is 4. The molecule has 148 valence electrons. The highest BCUT2D eigenvalue weighted by Gasteiger charge is 2.27. The lowest BCUT2D eigenvalue weighted by Crippen LogP contribution is -2.28. The summed E-state index contributed by atoms with van der Waals surface area (Å²) in [7, 11) is 0. The maximum absolute atomic E-state index is 12.6. The molecule has 1 aliphatic rings. The van der Waals surface area contributed by atoms with E-state index in [4.69, 9.17) is 50.8 Å². The first kappa shape index (κ1) is 20.0. The number of hydrogen-bond donors (Lipinski definition) is 1. The predicted octanol–water partition coefficient (Wildman–Crippen LogP) is 5.74. The summed E-state index contributed by atoms with van der Waals surface area (Å²) in [5.74, 6) is -0.726. The third-order valence-electron chi connectivity index (χ3n) is 4.45. The van der Waals surface area contributed by atoms with E-state index < -0.39 is 5.91 Å². The lowest BCUT2D eigenvalue weighted by Gasteiger charge is -2.16. The van der Waals surface area contributed by atoms with Crippen LogP contribution in [0.4, 0.5) is 11.4 Å². The van der Waals surface area contributed by atoms with Crippen LogP contribution in [0.1, 0.15) is 26.4 Å². The van der Waals surface area contributed by atoms with E-state index in [1.807, 2.05) is 0 Å². The fourth-order valence-electron chi connectivity index (χ4n) is 3.06. The number of anilines is 2. The Bertz CT molecular complexity index is 1130. The fraction of sp³-hybridized carbons (Fsp3) is 0.105. The van der Waals surface area contributed by atoms with E-state index in [0.29, 0.717) is 24.2 Å². The molecule has 6 nitrogen and oxygen atoms in total. The summed E-state index contributed by atoms with van der Waals surface area (Å²) in [5.41, 5.74) is 2.57. The van der Waals surface area contributed by atoms with Crippen LogP contribution >= 0.6 is 46.4 Å². The van der Waals surface area contributed by atoms with Crippen LogP contribution in [0.3, 0.4) is 0 Å². The molecule has 0 saturated carbocycles. The van der Waals surface area contributed by atoms with Gasteiger partial charge in [-0.1, -0.05) is 46.4 Å². The van der Waals surface area contributed by atoms with Crippen LogP contribution in [0.15, 0.2) is 41.2 Å². The predicted molar refractivity (Wildman–Crippen MR) is 113 cm³/mol. The topological polar surface area (TPSA) is 75.4 Å². The molecule has 3 aromatic rings. The molecule has 0 aliphatic carbocycles. The molecule has 2 amide bonds. The first-order valence-electron chi connectivity index (χ1n) is 8.35. The molecule has 0 unspecified atom stereocenters. The van der Waals surface area contributed by atoms with Crippen molar-refractivity contribution in [3.63, 3.8) is 0 Å². The number of carbonyl (C=O) groups excluding carboxylic acids is 2. The van der Waals surface area contributed by atoms with Gasteiger partial charge in [0.15, 0.2) is 0 Å². The Hall–Kier alpha value is -2.25. The van der Waals surface area contributed by atoms with Crippen LogP contribution in [0.25, 0.3) is 0 Å². The van der Waals surface area contributed by atoms with Crippen molar-refractivity contribution in [1.29, 1.82) is 0 Å². The summed E-state index contributed by atoms with van der Waals surface area (Å²) in [6.07, 6.45) is 3.52. The molecule has 10 heteroatoms. The number of aromatic nitrogens is 1. The van der Waals surface area contributed by atoms with Crippen LogP contribution in [-0.4, -0.2) is 23.3 Å². The average Bonchev–Trinajstić information content (AvgIpc) is 3.38. The van der Waals surface area contributed by atoms with Crippen molar-refractivity contribution in [3.05, 3.63) is 73.8 Å². The zero-order valence-electron chi connectivity index (χ0n) is 14.5. The number of furan rings is 1. The molecular formula is C19H11Cl4N3O3. The second-order valence-corrected chi connectivity index (χ2v) is 7.70. The SMILES string of the molecule is O=C(Nc1ccc2c(c1)CCN2C(=O)c1ccoc1)c1nc(Cl)c(Cl)c(Cl)c1Cl. The van der Waals surface area contributed by atoms with Gasteiger partial charge in [-0.3, -0.25) is 9.59 Å². The summed E-state index contributed by atoms with van der Waals surface area (Å²) in [6.45, 7) is 0.534. The third kappa shape index (κ3) is 3.69. The summed E-state index contributed by atoms with van der Waals surface area (Å²) in [4.78, 5) is 30.7. The van der Waals surface area contributed by atoms with Gasteiger partial charge >= 0.3 is 0 Å². The van der Waals surface area contributed by atoms with E-state index >= 15 is 0 Å². The molecule has 0 radical (unpaired) electrons. The van der Waals surface area contributed by atoms with E-state index in [0.717, 1.165) is 11.3 Å². The minimum absolute atomic E-state index is 0.0187. The van der Waals surface area contributed by atoms with Gasteiger partial charge in [-0.2, -0.15) is 0 Å². The number of halogens is 4. The highest BCUT2D eigenvalue weighted by atomic mass is 35.5. The largest absolute Gasteiger partial charge is 0.472 e. The summed E-state index contributed by atoms with van der Waals surface area (Å²) >= 11 is 23.8. The molecule has 2 aromatic heterocycles. The van der Waals surface area contributed by atoms with Crippen LogP contribution in [-0.2, 0) is 6.42 Å². The maximum atomic E-state index is 12.6. The van der Waals surface area contributed by atoms with Crippen molar-refractivity contribution in [2.45, 2.75) is 6.42 Å². The molecule has 1 aromatic carbocycles. The van der Waals surface area contributed by atoms with Gasteiger partial charge in [0.1, 0.15) is 17.1 Å². The molecule has 0 fully saturated rings. The Kier molecular flexibility index (Phi) is 5.44. The number of amides is 2. The van der Waals surface area contributed by atoms with E-state index in [1.54, 1.807) is 29.2 Å². The lowest BCUT2D eigenvalue weighted by molar-refractivity contribution is 0.0986. The Morgan fingerprint density at radius 3 is 2.59 bits per heavy atom. The van der Waals surface area contributed by atoms with Crippen molar-refractivity contribution >= 4 is 69.6 Å². The van der Waals surface area contributed by atoms with Crippen LogP contribution in [0, 0.1) is 0 Å². The molecule has 29 heavy (non-hydrogen) atoms. The number of rotatable bonds is 3. The van der Waals surface area contributed by atoms with Crippen molar-refractivity contribution in [1.82, 2.24) is 4.98 Å². The van der Waals surface area contributed by atoms with Gasteiger partial charge in [-0.25, -0.2) is 4.98 Å². The normalized spacial score (nSPS) is 12.8. The molecule has 0 atom stereocenters. The quantitative estimate of drug-likeness (QED) is 0.495. The molecule has 1 N–H and O–H groups in total. The van der Waals surface area contributed by atoms with Gasteiger partial charge in [0.25, 0.3) is 11.8 Å². The third-order valence-corrected chi connectivity index (χ3v) is 6.12. The van der Waals surface area contributed by atoms with Crippen molar-refractivity contribution < 1.29 is 14.0 Å². The summed E-state index contributed by atoms with van der Waals surface area (Å²) < 4.78 is 4.98. The number of carbonyl (C=O) groups is 2. The van der Waals surface area contributed by atoms with E-state index in [1.165, 1.54) is 12.5 Å². The molecule has 0 spiro atoms. The first-order valence-corrected chi connectivity index (χ1v) is 9.86. The Balaban J connectivity index is 1.57. The van der Waals surface area contributed by atoms with Crippen LogP contribution in [0.5, 0.6) is 0 Å². The first-order chi connectivity index (χ1) is 13.9. The van der Waals surface area contributed by atoms with Gasteiger partial charge in [-0.15, -0.1) is 0 Å². The monoisotopic (exact) mass is 469 g/mol. The number of nitrogens with one attached hydrogen (secondary N) is 1. The summed E-state index contributed by atoms with van der Waals surface area (Å²) in [6, 6.07) is 6.87. The van der Waals surface area contributed by atoms with Crippen molar-refractivity contribution in [2.75, 3.05) is 16.8 Å². The van der Waals surface area contributed by atoms with Crippen LogP contribution < -0.4 is 10.2 Å². The minimum atomic E-state index is -0.584. The average molecular weight is 471 g/mol. The Morgan fingerprint density at radius 1 is 1.07 bits per heavy atom. The van der Waals surface area contributed by atoms with E-state index in [-0.39, 0.29) is 31.8 Å². The Morgan fingerprint density at radius 2 is 1.86 bits per heavy atom. The molecule has 0 saturated heterocycles. The summed E-state index contributed by atoms with van der Waals surface area (Å²) in [5, 5.41) is 2.45. The van der Waals surface area contributed by atoms with Gasteiger partial charge in [0.2, 0.25) is 0 Å². The van der Waals surface area contributed by atoms with Gasteiger partial charge in [0, 0.05) is 17.9 Å². The van der Waals surface area contributed by atoms with Crippen molar-refractivity contribution in [3.8, 4) is 0 Å². The zero-order valence-corrected chi connectivity index (χ0v) is 17.5. The number of fused-ring (bicyclic) bond motifs is 1. The molecule has 1 aliphatic heterocycles. The Labute approximate surface area is 185 Å². The lowest BCUT2D eigenvalue weighted by atomic mass is 10.1. The maximum Gasteiger partial charge on any atom is 0.275 e. The number of benzene rings is 1. The van der Waals surface area contributed by atoms with Gasteiger partial charge in [0.05, 0.1) is 26.9 Å². The second kappa shape index (κ2) is 7.88. The van der Waals surface area contributed by atoms with Crippen molar-refractivity contribution in [2.24, 2.45) is 0 Å². The molecule has 4 rings (SSSR count). The van der Waals surface area contributed by atoms with Gasteiger partial charge in [-0.05, 0) is 36.2 Å². The van der Waals surface area contributed by atoms with E-state index in [9.17, 15) is 9.59 Å². The molecule has 3 heterocycles. The highest BCUT2D eigenvalue weighted by molar-refractivity contribution is 6.52.